The van der Waals surface area contributed by atoms with Crippen LogP contribution in [0.15, 0.2) is 57.7 Å². The van der Waals surface area contributed by atoms with E-state index in [4.69, 9.17) is 9.15 Å². The number of benzene rings is 3. The highest BCUT2D eigenvalue weighted by molar-refractivity contribution is 6.11. The van der Waals surface area contributed by atoms with Gasteiger partial charge in [-0.3, -0.25) is 14.2 Å². The lowest BCUT2D eigenvalue weighted by atomic mass is 9.98. The summed E-state index contributed by atoms with van der Waals surface area (Å²) >= 11 is 0. The molecular formula is C32H35FN4O5. The van der Waals surface area contributed by atoms with Gasteiger partial charge in [0.05, 0.1) is 12.6 Å². The Labute approximate surface area is 243 Å². The molecular weight excluding hydrogens is 539 g/mol. The van der Waals surface area contributed by atoms with E-state index in [0.29, 0.717) is 34.8 Å². The van der Waals surface area contributed by atoms with E-state index in [2.05, 4.69) is 22.2 Å². The zero-order valence-electron chi connectivity index (χ0n) is 24.3. The number of carbonyl (C=O) groups is 2. The van der Waals surface area contributed by atoms with Crippen molar-refractivity contribution in [3.63, 3.8) is 0 Å². The summed E-state index contributed by atoms with van der Waals surface area (Å²) in [6.07, 6.45) is 3.20. The van der Waals surface area contributed by atoms with E-state index in [1.807, 2.05) is 25.1 Å². The minimum absolute atomic E-state index is 0.249. The van der Waals surface area contributed by atoms with Gasteiger partial charge in [0.1, 0.15) is 11.6 Å². The fourth-order valence-corrected chi connectivity index (χ4v) is 5.85. The van der Waals surface area contributed by atoms with E-state index in [0.717, 1.165) is 61.5 Å². The summed E-state index contributed by atoms with van der Waals surface area (Å²) < 4.78 is 26.8. The monoisotopic (exact) mass is 574 g/mol. The van der Waals surface area contributed by atoms with Crippen LogP contribution in [-0.4, -0.2) is 61.5 Å². The number of fused-ring (bicyclic) bond motifs is 1. The van der Waals surface area contributed by atoms with Crippen molar-refractivity contribution in [1.29, 1.82) is 0 Å². The Kier molecular flexibility index (Phi) is 8.44. The van der Waals surface area contributed by atoms with Gasteiger partial charge in [0.2, 0.25) is 6.41 Å². The van der Waals surface area contributed by atoms with Crippen molar-refractivity contribution < 1.29 is 23.1 Å². The molecule has 0 bridgehead atoms. The smallest absolute Gasteiger partial charge is 0.419 e. The van der Waals surface area contributed by atoms with Gasteiger partial charge in [-0.05, 0) is 92.9 Å². The summed E-state index contributed by atoms with van der Waals surface area (Å²) in [6, 6.07) is 13.7. The molecule has 220 valence electrons. The van der Waals surface area contributed by atoms with Crippen molar-refractivity contribution in [3.8, 4) is 5.75 Å². The maximum Gasteiger partial charge on any atom is 0.419 e. The fourth-order valence-electron chi connectivity index (χ4n) is 5.85. The summed E-state index contributed by atoms with van der Waals surface area (Å²) in [7, 11) is 5.33. The number of nitrogens with one attached hydrogen (secondary N) is 1. The molecule has 0 saturated carbocycles. The van der Waals surface area contributed by atoms with E-state index in [1.165, 1.54) is 16.7 Å². The Hall–Kier alpha value is -4.44. The van der Waals surface area contributed by atoms with Crippen LogP contribution < -0.4 is 20.7 Å². The average molecular weight is 575 g/mol. The van der Waals surface area contributed by atoms with Crippen molar-refractivity contribution >= 4 is 34.7 Å². The second kappa shape index (κ2) is 12.2. The average Bonchev–Trinajstić information content (AvgIpc) is 3.28. The first-order valence-corrected chi connectivity index (χ1v) is 14.0. The standard InChI is InChI=1S/C32H35FN4O5/c1-20-13-22(17-29-30(20)36(3)32(40)42-29)31(39)23-14-24(33)18-26(15-23)37-11-8-25(9-12-37)35(2)10-7-21-16-27(41-4)5-6-28(21)34-19-38/h5-6,13-19,25H,7-12H2,1-4H3,(H,34,38). The Morgan fingerprint density at radius 2 is 1.88 bits per heavy atom. The first-order chi connectivity index (χ1) is 20.2. The van der Waals surface area contributed by atoms with Gasteiger partial charge in [0.25, 0.3) is 0 Å². The summed E-state index contributed by atoms with van der Waals surface area (Å²) in [5.41, 5.74) is 4.73. The lowest BCUT2D eigenvalue weighted by Gasteiger charge is -2.38. The van der Waals surface area contributed by atoms with E-state index in [1.54, 1.807) is 32.4 Å². The first-order valence-electron chi connectivity index (χ1n) is 14.0. The number of anilines is 2. The number of oxazole rings is 1. The lowest BCUT2D eigenvalue weighted by molar-refractivity contribution is -0.105. The van der Waals surface area contributed by atoms with Gasteiger partial charge in [-0.15, -0.1) is 0 Å². The molecule has 0 atom stereocenters. The number of rotatable bonds is 10. The second-order valence-electron chi connectivity index (χ2n) is 10.8. The van der Waals surface area contributed by atoms with Crippen LogP contribution in [0.3, 0.4) is 0 Å². The molecule has 0 radical (unpaired) electrons. The van der Waals surface area contributed by atoms with Gasteiger partial charge < -0.3 is 24.3 Å². The number of carbonyl (C=O) groups excluding carboxylic acids is 2. The number of piperidine rings is 1. The number of ketones is 1. The van der Waals surface area contributed by atoms with Crippen molar-refractivity contribution in [3.05, 3.63) is 87.2 Å². The molecule has 1 amide bonds. The molecule has 1 aliphatic rings. The molecule has 1 N–H and O–H groups in total. The molecule has 2 heterocycles. The van der Waals surface area contributed by atoms with E-state index >= 15 is 0 Å². The molecule has 3 aromatic carbocycles. The number of aromatic nitrogens is 1. The third-order valence-corrected chi connectivity index (χ3v) is 8.19. The van der Waals surface area contributed by atoms with Crippen LogP contribution in [0.4, 0.5) is 15.8 Å². The lowest BCUT2D eigenvalue weighted by Crippen LogP contribution is -2.44. The maximum atomic E-state index is 14.8. The maximum absolute atomic E-state index is 14.8. The first kappa shape index (κ1) is 29.1. The van der Waals surface area contributed by atoms with Crippen LogP contribution in [-0.2, 0) is 18.3 Å². The van der Waals surface area contributed by atoms with Crippen LogP contribution in [0.2, 0.25) is 0 Å². The van der Waals surface area contributed by atoms with Gasteiger partial charge in [-0.2, -0.15) is 0 Å². The third kappa shape index (κ3) is 5.94. The van der Waals surface area contributed by atoms with Crippen LogP contribution in [0, 0.1) is 12.7 Å². The van der Waals surface area contributed by atoms with E-state index < -0.39 is 11.6 Å². The van der Waals surface area contributed by atoms with Crippen molar-refractivity contribution in [1.82, 2.24) is 9.47 Å². The molecule has 1 aliphatic heterocycles. The Morgan fingerprint density at radius 3 is 2.60 bits per heavy atom. The number of amides is 1. The largest absolute Gasteiger partial charge is 0.497 e. The van der Waals surface area contributed by atoms with Crippen molar-refractivity contribution in [2.45, 2.75) is 32.2 Å². The van der Waals surface area contributed by atoms with Crippen LogP contribution in [0.5, 0.6) is 5.75 Å². The molecule has 0 aliphatic carbocycles. The number of ether oxygens (including phenoxy) is 1. The topological polar surface area (TPSA) is 97.0 Å². The second-order valence-corrected chi connectivity index (χ2v) is 10.8. The van der Waals surface area contributed by atoms with Gasteiger partial charge in [0, 0.05) is 55.2 Å². The van der Waals surface area contributed by atoms with Crippen LogP contribution in [0.1, 0.15) is 39.9 Å². The molecule has 0 unspecified atom stereocenters. The molecule has 9 nitrogen and oxygen atoms in total. The Bertz CT molecular complexity index is 1690. The zero-order chi connectivity index (χ0) is 30.0. The predicted molar refractivity (Wildman–Crippen MR) is 160 cm³/mol. The number of halogens is 1. The highest BCUT2D eigenvalue weighted by Crippen LogP contribution is 2.28. The molecule has 0 spiro atoms. The molecule has 4 aromatic rings. The number of likely N-dealkylation sites (N-methyl/N-ethyl adjacent to an activating group) is 1. The third-order valence-electron chi connectivity index (χ3n) is 8.19. The van der Waals surface area contributed by atoms with Gasteiger partial charge in [0.15, 0.2) is 11.4 Å². The Morgan fingerprint density at radius 1 is 1.14 bits per heavy atom. The molecule has 5 rings (SSSR count). The van der Waals surface area contributed by atoms with Crippen molar-refractivity contribution in [2.75, 3.05) is 44.0 Å². The minimum atomic E-state index is -0.500. The number of hydrogen-bond donors (Lipinski definition) is 1. The summed E-state index contributed by atoms with van der Waals surface area (Å²) in [6.45, 7) is 4.06. The SMILES string of the molecule is COc1ccc(NC=O)c(CCN(C)C2CCN(c3cc(F)cc(C(=O)c4cc(C)c5c(c4)oc(=O)n5C)c3)CC2)c1. The highest BCUT2D eigenvalue weighted by Gasteiger charge is 2.24. The predicted octanol–water partition coefficient (Wildman–Crippen LogP) is 4.53. The van der Waals surface area contributed by atoms with Gasteiger partial charge in [-0.25, -0.2) is 9.18 Å². The van der Waals surface area contributed by atoms with E-state index in [-0.39, 0.29) is 11.3 Å². The molecule has 1 aromatic heterocycles. The molecule has 1 fully saturated rings. The van der Waals surface area contributed by atoms with Crippen LogP contribution in [0.25, 0.3) is 11.1 Å². The minimum Gasteiger partial charge on any atom is -0.497 e. The molecule has 1 saturated heterocycles. The number of aryl methyl sites for hydroxylation is 2. The van der Waals surface area contributed by atoms with Gasteiger partial charge >= 0.3 is 5.76 Å². The Balaban J connectivity index is 1.25. The van der Waals surface area contributed by atoms with Gasteiger partial charge in [-0.1, -0.05) is 0 Å². The van der Waals surface area contributed by atoms with Crippen molar-refractivity contribution in [2.24, 2.45) is 7.05 Å². The number of nitrogens with zero attached hydrogens (tertiary/aromatic N) is 3. The highest BCUT2D eigenvalue weighted by atomic mass is 19.1. The normalized spacial score (nSPS) is 14.0. The molecule has 42 heavy (non-hydrogen) atoms. The quantitative estimate of drug-likeness (QED) is 0.220. The molecule has 10 heteroatoms. The van der Waals surface area contributed by atoms with Crippen LogP contribution >= 0.6 is 0 Å². The summed E-state index contributed by atoms with van der Waals surface area (Å²) in [5.74, 6) is -0.563. The summed E-state index contributed by atoms with van der Waals surface area (Å²) in [4.78, 5) is 40.8. The van der Waals surface area contributed by atoms with E-state index in [9.17, 15) is 18.8 Å². The fraction of sp³-hybridized carbons (Fsp3) is 0.344. The summed E-state index contributed by atoms with van der Waals surface area (Å²) in [5, 5.41) is 2.76. The zero-order valence-corrected chi connectivity index (χ0v) is 24.3. The number of methoxy groups -OCH3 is 1. The number of hydrogen-bond acceptors (Lipinski definition) is 7.